The number of benzene rings is 1. The third kappa shape index (κ3) is 2.03. The van der Waals surface area contributed by atoms with E-state index in [1.165, 1.54) is 0 Å². The molecule has 1 aromatic heterocycles. The quantitative estimate of drug-likeness (QED) is 0.840. The van der Waals surface area contributed by atoms with Crippen LogP contribution in [0.3, 0.4) is 0 Å². The fraction of sp³-hybridized carbons (Fsp3) is 0.438. The number of aromatic hydroxyl groups is 1. The average Bonchev–Trinajstić information content (AvgIpc) is 2.41. The number of phenols is 1. The van der Waals surface area contributed by atoms with Crippen molar-refractivity contribution in [1.29, 1.82) is 0 Å². The summed E-state index contributed by atoms with van der Waals surface area (Å²) in [6, 6.07) is 3.60. The van der Waals surface area contributed by atoms with E-state index in [1.54, 1.807) is 6.07 Å². The molecular formula is C16H18O3. The van der Waals surface area contributed by atoms with Gasteiger partial charge in [0.2, 0.25) is 0 Å². The maximum Gasteiger partial charge on any atom is 0.339 e. The fourth-order valence-electron chi connectivity index (χ4n) is 2.99. The summed E-state index contributed by atoms with van der Waals surface area (Å²) >= 11 is 0. The molecule has 0 saturated carbocycles. The second-order valence-electron chi connectivity index (χ2n) is 5.28. The van der Waals surface area contributed by atoms with Gasteiger partial charge in [0.1, 0.15) is 11.3 Å². The van der Waals surface area contributed by atoms with Gasteiger partial charge in [-0.15, -0.1) is 0 Å². The predicted molar refractivity (Wildman–Crippen MR) is 74.8 cm³/mol. The van der Waals surface area contributed by atoms with Crippen molar-refractivity contribution >= 4 is 11.0 Å². The van der Waals surface area contributed by atoms with Gasteiger partial charge in [-0.05, 0) is 49.3 Å². The molecule has 0 fully saturated rings. The van der Waals surface area contributed by atoms with Crippen LogP contribution in [0.5, 0.6) is 5.75 Å². The number of hydrogen-bond donors (Lipinski definition) is 1. The molecule has 0 atom stereocenters. The van der Waals surface area contributed by atoms with E-state index in [0.29, 0.717) is 5.58 Å². The van der Waals surface area contributed by atoms with Crippen LogP contribution in [0.25, 0.3) is 11.0 Å². The summed E-state index contributed by atoms with van der Waals surface area (Å²) in [4.78, 5) is 12.0. The van der Waals surface area contributed by atoms with Crippen LogP contribution in [0.2, 0.25) is 0 Å². The van der Waals surface area contributed by atoms with E-state index >= 15 is 0 Å². The lowest BCUT2D eigenvalue weighted by atomic mass is 9.90. The SMILES string of the molecule is CCCc1cc2c3c(c(=O)oc2cc1O)CCCC3. The minimum atomic E-state index is -0.232. The van der Waals surface area contributed by atoms with Crippen LogP contribution in [-0.2, 0) is 19.3 Å². The molecule has 1 aromatic carbocycles. The molecular weight excluding hydrogens is 240 g/mol. The monoisotopic (exact) mass is 258 g/mol. The highest BCUT2D eigenvalue weighted by Crippen LogP contribution is 2.31. The Morgan fingerprint density at radius 1 is 1.21 bits per heavy atom. The molecule has 1 aliphatic rings. The summed E-state index contributed by atoms with van der Waals surface area (Å²) < 4.78 is 5.36. The van der Waals surface area contributed by atoms with Gasteiger partial charge < -0.3 is 9.52 Å². The number of hydrogen-bond acceptors (Lipinski definition) is 3. The van der Waals surface area contributed by atoms with E-state index in [1.807, 2.05) is 6.07 Å². The number of fused-ring (bicyclic) bond motifs is 3. The Labute approximate surface area is 111 Å². The van der Waals surface area contributed by atoms with Gasteiger partial charge in [0.15, 0.2) is 0 Å². The maximum absolute atomic E-state index is 12.0. The summed E-state index contributed by atoms with van der Waals surface area (Å²) in [6.07, 6.45) is 5.76. The lowest BCUT2D eigenvalue weighted by Gasteiger charge is -2.17. The lowest BCUT2D eigenvalue weighted by Crippen LogP contribution is -2.15. The molecule has 0 bridgehead atoms. The summed E-state index contributed by atoms with van der Waals surface area (Å²) in [6.45, 7) is 2.09. The van der Waals surface area contributed by atoms with Gasteiger partial charge in [-0.3, -0.25) is 0 Å². The van der Waals surface area contributed by atoms with Gasteiger partial charge in [0.25, 0.3) is 0 Å². The molecule has 3 rings (SSSR count). The molecule has 19 heavy (non-hydrogen) atoms. The van der Waals surface area contributed by atoms with E-state index in [0.717, 1.165) is 60.6 Å². The summed E-state index contributed by atoms with van der Waals surface area (Å²) in [5.74, 6) is 0.230. The second-order valence-corrected chi connectivity index (χ2v) is 5.28. The fourth-order valence-corrected chi connectivity index (χ4v) is 2.99. The van der Waals surface area contributed by atoms with Crippen molar-refractivity contribution in [3.63, 3.8) is 0 Å². The van der Waals surface area contributed by atoms with Gasteiger partial charge in [-0.25, -0.2) is 4.79 Å². The Balaban J connectivity index is 2.30. The first kappa shape index (κ1) is 12.3. The third-order valence-electron chi connectivity index (χ3n) is 3.94. The minimum Gasteiger partial charge on any atom is -0.508 e. The zero-order valence-corrected chi connectivity index (χ0v) is 11.2. The molecule has 0 spiro atoms. The standard InChI is InChI=1S/C16H18O3/c1-2-5-10-8-13-11-6-3-4-7-12(11)16(18)19-15(13)9-14(10)17/h8-9,17H,2-7H2,1H3. The van der Waals surface area contributed by atoms with Crippen molar-refractivity contribution in [2.75, 3.05) is 0 Å². The molecule has 0 amide bonds. The number of rotatable bonds is 2. The molecule has 100 valence electrons. The first-order valence-corrected chi connectivity index (χ1v) is 7.01. The highest BCUT2D eigenvalue weighted by molar-refractivity contribution is 5.84. The molecule has 3 nitrogen and oxygen atoms in total. The van der Waals surface area contributed by atoms with Crippen LogP contribution in [0.1, 0.15) is 42.9 Å². The minimum absolute atomic E-state index is 0.230. The first-order valence-electron chi connectivity index (χ1n) is 7.01. The third-order valence-corrected chi connectivity index (χ3v) is 3.94. The molecule has 1 heterocycles. The van der Waals surface area contributed by atoms with Crippen LogP contribution in [0.15, 0.2) is 21.3 Å². The zero-order chi connectivity index (χ0) is 13.4. The number of aryl methyl sites for hydroxylation is 2. The van der Waals surface area contributed by atoms with Crippen LogP contribution < -0.4 is 5.63 Å². The number of phenolic OH excluding ortho intramolecular Hbond substituents is 1. The maximum atomic E-state index is 12.0. The predicted octanol–water partition coefficient (Wildman–Crippen LogP) is 3.33. The second kappa shape index (κ2) is 4.72. The molecule has 0 aliphatic heterocycles. The molecule has 1 aliphatic carbocycles. The largest absolute Gasteiger partial charge is 0.508 e. The Morgan fingerprint density at radius 2 is 1.95 bits per heavy atom. The van der Waals surface area contributed by atoms with Crippen LogP contribution in [-0.4, -0.2) is 5.11 Å². The van der Waals surface area contributed by atoms with Crippen LogP contribution >= 0.6 is 0 Å². The van der Waals surface area contributed by atoms with Gasteiger partial charge >= 0.3 is 5.63 Å². The van der Waals surface area contributed by atoms with E-state index in [4.69, 9.17) is 4.42 Å². The molecule has 0 unspecified atom stereocenters. The summed E-state index contributed by atoms with van der Waals surface area (Å²) in [5.41, 5.74) is 3.20. The molecule has 0 radical (unpaired) electrons. The molecule has 2 aromatic rings. The zero-order valence-electron chi connectivity index (χ0n) is 11.2. The van der Waals surface area contributed by atoms with E-state index in [-0.39, 0.29) is 11.4 Å². The Kier molecular flexibility index (Phi) is 3.05. The van der Waals surface area contributed by atoms with Crippen molar-refractivity contribution in [2.24, 2.45) is 0 Å². The van der Waals surface area contributed by atoms with Gasteiger partial charge in [0.05, 0.1) is 0 Å². The molecule has 3 heteroatoms. The average molecular weight is 258 g/mol. The Bertz CT molecular complexity index is 682. The molecule has 0 saturated heterocycles. The van der Waals surface area contributed by atoms with Gasteiger partial charge in [-0.2, -0.15) is 0 Å². The first-order chi connectivity index (χ1) is 9.20. The summed E-state index contributed by atoms with van der Waals surface area (Å²) in [5, 5.41) is 11.0. The van der Waals surface area contributed by atoms with E-state index in [2.05, 4.69) is 6.92 Å². The van der Waals surface area contributed by atoms with E-state index in [9.17, 15) is 9.90 Å². The van der Waals surface area contributed by atoms with Gasteiger partial charge in [0, 0.05) is 17.0 Å². The van der Waals surface area contributed by atoms with Crippen LogP contribution in [0, 0.1) is 0 Å². The van der Waals surface area contributed by atoms with Crippen molar-refractivity contribution in [3.05, 3.63) is 39.2 Å². The highest BCUT2D eigenvalue weighted by atomic mass is 16.4. The van der Waals surface area contributed by atoms with Gasteiger partial charge in [-0.1, -0.05) is 13.3 Å². The summed E-state index contributed by atoms with van der Waals surface area (Å²) in [7, 11) is 0. The van der Waals surface area contributed by atoms with Crippen LogP contribution in [0.4, 0.5) is 0 Å². The highest BCUT2D eigenvalue weighted by Gasteiger charge is 2.19. The normalized spacial score (nSPS) is 14.6. The van der Waals surface area contributed by atoms with Crippen molar-refractivity contribution < 1.29 is 9.52 Å². The Morgan fingerprint density at radius 3 is 2.68 bits per heavy atom. The Hall–Kier alpha value is -1.77. The van der Waals surface area contributed by atoms with E-state index < -0.39 is 0 Å². The van der Waals surface area contributed by atoms with Crippen molar-refractivity contribution in [2.45, 2.75) is 45.4 Å². The topological polar surface area (TPSA) is 50.4 Å². The van der Waals surface area contributed by atoms with Crippen molar-refractivity contribution in [1.82, 2.24) is 0 Å². The van der Waals surface area contributed by atoms with Crippen molar-refractivity contribution in [3.8, 4) is 5.75 Å². The lowest BCUT2D eigenvalue weighted by molar-refractivity contribution is 0.464. The molecule has 1 N–H and O–H groups in total. The smallest absolute Gasteiger partial charge is 0.339 e.